The lowest BCUT2D eigenvalue weighted by molar-refractivity contribution is 0.102. The Morgan fingerprint density at radius 1 is 1.24 bits per heavy atom. The Hall–Kier alpha value is -3.16. The van der Waals surface area contributed by atoms with Crippen molar-refractivity contribution < 1.29 is 9.18 Å². The van der Waals surface area contributed by atoms with Gasteiger partial charge in [0.1, 0.15) is 0 Å². The number of aromatic nitrogens is 5. The summed E-state index contributed by atoms with van der Waals surface area (Å²) in [6.07, 6.45) is 1.24. The molecule has 0 aliphatic carbocycles. The summed E-state index contributed by atoms with van der Waals surface area (Å²) in [4.78, 5) is 15.4. The van der Waals surface area contributed by atoms with Gasteiger partial charge >= 0.3 is 0 Å². The van der Waals surface area contributed by atoms with Crippen molar-refractivity contribution in [3.05, 3.63) is 54.1 Å². The summed E-state index contributed by atoms with van der Waals surface area (Å²) in [5, 5.41) is 16.2. The Morgan fingerprint density at radius 2 is 2.14 bits per heavy atom. The highest BCUT2D eigenvalue weighted by Crippen LogP contribution is 2.18. The summed E-state index contributed by atoms with van der Waals surface area (Å²) in [5.74, 6) is -0.717. The molecular weight excluding hydrogens is 275 g/mol. The molecule has 0 saturated heterocycles. The summed E-state index contributed by atoms with van der Waals surface area (Å²) in [5.41, 5.74) is 1.43. The Bertz CT molecular complexity index is 774. The number of nitrogens with zero attached hydrogens (tertiary/aromatic N) is 4. The number of nitrogens with one attached hydrogen (secondary N) is 2. The molecule has 3 rings (SSSR count). The number of rotatable bonds is 3. The van der Waals surface area contributed by atoms with Gasteiger partial charge < -0.3 is 5.32 Å². The zero-order valence-corrected chi connectivity index (χ0v) is 10.6. The van der Waals surface area contributed by atoms with Crippen molar-refractivity contribution in [2.24, 2.45) is 0 Å². The molecule has 1 amide bonds. The average Bonchev–Trinajstić information content (AvgIpc) is 3.02. The van der Waals surface area contributed by atoms with Gasteiger partial charge in [-0.1, -0.05) is 12.1 Å². The van der Waals surface area contributed by atoms with E-state index in [2.05, 4.69) is 30.9 Å². The lowest BCUT2D eigenvalue weighted by Crippen LogP contribution is -2.12. The number of H-pyrrole nitrogens is 1. The van der Waals surface area contributed by atoms with Crippen LogP contribution in [0.25, 0.3) is 11.4 Å². The normalized spacial score (nSPS) is 10.3. The number of anilines is 1. The number of tetrazole rings is 1. The van der Waals surface area contributed by atoms with E-state index in [1.807, 2.05) is 0 Å². The zero-order valence-electron chi connectivity index (χ0n) is 10.6. The minimum absolute atomic E-state index is 0.187. The molecule has 8 heteroatoms. The highest BCUT2D eigenvalue weighted by Gasteiger charge is 2.09. The smallest absolute Gasteiger partial charge is 0.255 e. The summed E-state index contributed by atoms with van der Waals surface area (Å²) >= 11 is 0. The van der Waals surface area contributed by atoms with Crippen LogP contribution in [0.4, 0.5) is 10.1 Å². The lowest BCUT2D eigenvalue weighted by Gasteiger charge is -2.06. The number of benzene rings is 1. The van der Waals surface area contributed by atoms with Crippen LogP contribution >= 0.6 is 0 Å². The van der Waals surface area contributed by atoms with E-state index < -0.39 is 11.9 Å². The second kappa shape index (κ2) is 5.45. The molecule has 0 unspecified atom stereocenters. The molecule has 0 aliphatic rings. The van der Waals surface area contributed by atoms with Gasteiger partial charge in [0.15, 0.2) is 0 Å². The topological polar surface area (TPSA) is 96.5 Å². The first-order valence-corrected chi connectivity index (χ1v) is 5.99. The molecule has 0 fully saturated rings. The predicted octanol–water partition coefficient (Wildman–Crippen LogP) is 1.65. The molecular formula is C13H9FN6O. The third-order valence-corrected chi connectivity index (χ3v) is 2.71. The van der Waals surface area contributed by atoms with Gasteiger partial charge in [0.2, 0.25) is 11.8 Å². The van der Waals surface area contributed by atoms with Crippen LogP contribution in [-0.2, 0) is 0 Å². The van der Waals surface area contributed by atoms with Gasteiger partial charge in [0.05, 0.1) is 0 Å². The van der Waals surface area contributed by atoms with E-state index in [0.29, 0.717) is 17.1 Å². The van der Waals surface area contributed by atoms with Crippen molar-refractivity contribution in [1.82, 2.24) is 25.6 Å². The zero-order chi connectivity index (χ0) is 14.7. The molecule has 1 aromatic carbocycles. The van der Waals surface area contributed by atoms with E-state index in [-0.39, 0.29) is 5.56 Å². The van der Waals surface area contributed by atoms with Crippen molar-refractivity contribution in [2.75, 3.05) is 5.32 Å². The van der Waals surface area contributed by atoms with Gasteiger partial charge in [-0.2, -0.15) is 9.60 Å². The van der Waals surface area contributed by atoms with Crippen molar-refractivity contribution >= 4 is 11.6 Å². The van der Waals surface area contributed by atoms with E-state index in [4.69, 9.17) is 0 Å². The second-order valence-electron chi connectivity index (χ2n) is 4.14. The van der Waals surface area contributed by atoms with Gasteiger partial charge in [-0.25, -0.2) is 4.98 Å². The van der Waals surface area contributed by atoms with E-state index in [1.54, 1.807) is 24.3 Å². The van der Waals surface area contributed by atoms with Crippen molar-refractivity contribution in [3.8, 4) is 11.4 Å². The maximum atomic E-state index is 13.0. The number of amides is 1. The number of halogens is 1. The summed E-state index contributed by atoms with van der Waals surface area (Å²) in [6.45, 7) is 0. The van der Waals surface area contributed by atoms with E-state index in [1.165, 1.54) is 12.3 Å². The highest BCUT2D eigenvalue weighted by molar-refractivity contribution is 6.04. The van der Waals surface area contributed by atoms with Crippen LogP contribution in [0.5, 0.6) is 0 Å². The van der Waals surface area contributed by atoms with Gasteiger partial charge in [-0.15, -0.1) is 10.2 Å². The molecule has 7 nitrogen and oxygen atoms in total. The Labute approximate surface area is 118 Å². The van der Waals surface area contributed by atoms with E-state index in [9.17, 15) is 9.18 Å². The number of aromatic amines is 1. The van der Waals surface area contributed by atoms with Crippen molar-refractivity contribution in [2.45, 2.75) is 0 Å². The molecule has 104 valence electrons. The fraction of sp³-hybridized carbons (Fsp3) is 0. The molecule has 21 heavy (non-hydrogen) atoms. The summed E-state index contributed by atoms with van der Waals surface area (Å²) < 4.78 is 13.0. The molecule has 2 heterocycles. The monoisotopic (exact) mass is 284 g/mol. The van der Waals surface area contributed by atoms with Gasteiger partial charge in [0, 0.05) is 29.1 Å². The summed E-state index contributed by atoms with van der Waals surface area (Å²) in [6, 6.07) is 9.43. The van der Waals surface area contributed by atoms with Gasteiger partial charge in [-0.3, -0.25) is 4.79 Å². The van der Waals surface area contributed by atoms with Crippen LogP contribution in [0.3, 0.4) is 0 Å². The third-order valence-electron chi connectivity index (χ3n) is 2.71. The molecule has 0 spiro atoms. The Kier molecular flexibility index (Phi) is 3.34. The number of pyridine rings is 1. The van der Waals surface area contributed by atoms with Crippen LogP contribution in [0.2, 0.25) is 0 Å². The molecule has 0 saturated carbocycles. The Balaban J connectivity index is 1.82. The first-order chi connectivity index (χ1) is 10.2. The predicted molar refractivity (Wildman–Crippen MR) is 71.8 cm³/mol. The standard InChI is InChI=1S/C13H9FN6O/c14-11-7-9(4-5-15-11)13(21)16-10-3-1-2-8(6-10)12-17-19-20-18-12/h1-7H,(H,16,21)(H,17,18,19,20). The molecule has 0 atom stereocenters. The minimum Gasteiger partial charge on any atom is -0.322 e. The van der Waals surface area contributed by atoms with Crippen LogP contribution in [0, 0.1) is 5.95 Å². The van der Waals surface area contributed by atoms with Crippen LogP contribution in [0.15, 0.2) is 42.6 Å². The molecule has 2 N–H and O–H groups in total. The third kappa shape index (κ3) is 2.89. The highest BCUT2D eigenvalue weighted by atomic mass is 19.1. The average molecular weight is 284 g/mol. The minimum atomic E-state index is -0.705. The first-order valence-electron chi connectivity index (χ1n) is 5.99. The molecule has 0 radical (unpaired) electrons. The maximum absolute atomic E-state index is 13.0. The van der Waals surface area contributed by atoms with Crippen LogP contribution in [0.1, 0.15) is 10.4 Å². The van der Waals surface area contributed by atoms with Gasteiger partial charge in [-0.05, 0) is 23.4 Å². The van der Waals surface area contributed by atoms with Crippen LogP contribution in [-0.4, -0.2) is 31.5 Å². The second-order valence-corrected chi connectivity index (χ2v) is 4.14. The quantitative estimate of drug-likeness (QED) is 0.713. The van der Waals surface area contributed by atoms with E-state index >= 15 is 0 Å². The van der Waals surface area contributed by atoms with Gasteiger partial charge in [0.25, 0.3) is 5.91 Å². The van der Waals surface area contributed by atoms with Crippen molar-refractivity contribution in [1.29, 1.82) is 0 Å². The van der Waals surface area contributed by atoms with Crippen LogP contribution < -0.4 is 5.32 Å². The largest absolute Gasteiger partial charge is 0.322 e. The first kappa shape index (κ1) is 12.9. The molecule has 0 bridgehead atoms. The molecule has 2 aromatic heterocycles. The fourth-order valence-electron chi connectivity index (χ4n) is 1.77. The number of carbonyl (C=O) groups is 1. The fourth-order valence-corrected chi connectivity index (χ4v) is 1.77. The lowest BCUT2D eigenvalue weighted by atomic mass is 10.2. The Morgan fingerprint density at radius 3 is 2.90 bits per heavy atom. The number of hydrogen-bond donors (Lipinski definition) is 2. The SMILES string of the molecule is O=C(Nc1cccc(-c2nn[nH]n2)c1)c1ccnc(F)c1. The van der Waals surface area contributed by atoms with Crippen molar-refractivity contribution in [3.63, 3.8) is 0 Å². The molecule has 0 aliphatic heterocycles. The molecule has 3 aromatic rings. The summed E-state index contributed by atoms with van der Waals surface area (Å²) in [7, 11) is 0. The van der Waals surface area contributed by atoms with E-state index in [0.717, 1.165) is 6.07 Å². The maximum Gasteiger partial charge on any atom is 0.255 e. The number of hydrogen-bond acceptors (Lipinski definition) is 5. The number of carbonyl (C=O) groups excluding carboxylic acids is 1.